The fraction of sp³-hybridized carbons (Fsp3) is 0.857. The van der Waals surface area contributed by atoms with Crippen molar-refractivity contribution in [2.45, 2.75) is 32.6 Å². The van der Waals surface area contributed by atoms with E-state index >= 15 is 0 Å². The first-order valence-electron chi connectivity index (χ1n) is 6.87. The summed E-state index contributed by atoms with van der Waals surface area (Å²) >= 11 is 0. The summed E-state index contributed by atoms with van der Waals surface area (Å²) in [6.45, 7) is 2.26. The molecule has 0 aromatic heterocycles. The lowest BCUT2D eigenvalue weighted by Crippen LogP contribution is -2.39. The van der Waals surface area contributed by atoms with Crippen molar-refractivity contribution in [3.8, 4) is 0 Å². The van der Waals surface area contributed by atoms with Gasteiger partial charge in [-0.2, -0.15) is 0 Å². The third-order valence-electron chi connectivity index (χ3n) is 4.07. The zero-order valence-electron chi connectivity index (χ0n) is 11.5. The second-order valence-electron chi connectivity index (χ2n) is 5.84. The van der Waals surface area contributed by atoms with Crippen molar-refractivity contribution in [3.05, 3.63) is 0 Å². The van der Waals surface area contributed by atoms with E-state index in [9.17, 15) is 9.59 Å². The van der Waals surface area contributed by atoms with Gasteiger partial charge >= 0.3 is 5.97 Å². The number of esters is 1. The van der Waals surface area contributed by atoms with E-state index in [2.05, 4.69) is 0 Å². The van der Waals surface area contributed by atoms with E-state index in [1.54, 1.807) is 18.9 Å². The molecule has 0 radical (unpaired) electrons. The summed E-state index contributed by atoms with van der Waals surface area (Å²) < 4.78 is 4.70. The van der Waals surface area contributed by atoms with Crippen LogP contribution in [-0.2, 0) is 14.3 Å². The highest BCUT2D eigenvalue weighted by molar-refractivity contribution is 5.81. The largest absolute Gasteiger partial charge is 0.469 e. The summed E-state index contributed by atoms with van der Waals surface area (Å²) in [6.07, 6.45) is 4.81. The van der Waals surface area contributed by atoms with Crippen LogP contribution >= 0.6 is 0 Å². The maximum absolute atomic E-state index is 12.4. The summed E-state index contributed by atoms with van der Waals surface area (Å²) in [7, 11) is 3.19. The van der Waals surface area contributed by atoms with Crippen LogP contribution in [0.3, 0.4) is 0 Å². The molecule has 0 heterocycles. The first kappa shape index (κ1) is 13.4. The van der Waals surface area contributed by atoms with Crippen LogP contribution in [0.2, 0.25) is 0 Å². The van der Waals surface area contributed by atoms with Crippen molar-refractivity contribution in [1.29, 1.82) is 0 Å². The van der Waals surface area contributed by atoms with Crippen LogP contribution in [-0.4, -0.2) is 37.5 Å². The molecule has 4 heteroatoms. The Morgan fingerprint density at radius 2 is 1.72 bits per heavy atom. The van der Waals surface area contributed by atoms with E-state index in [-0.39, 0.29) is 23.7 Å². The second-order valence-corrected chi connectivity index (χ2v) is 5.84. The van der Waals surface area contributed by atoms with E-state index in [0.29, 0.717) is 18.4 Å². The Hall–Kier alpha value is -1.06. The van der Waals surface area contributed by atoms with Crippen LogP contribution < -0.4 is 0 Å². The third-order valence-corrected chi connectivity index (χ3v) is 4.07. The zero-order valence-corrected chi connectivity index (χ0v) is 11.5. The number of carbonyl (C=O) groups is 2. The van der Waals surface area contributed by atoms with E-state index in [0.717, 1.165) is 0 Å². The molecule has 0 aromatic carbocycles. The summed E-state index contributed by atoms with van der Waals surface area (Å²) in [5, 5.41) is 0. The molecule has 1 amide bonds. The topological polar surface area (TPSA) is 46.6 Å². The molecule has 1 unspecified atom stereocenters. The number of amides is 1. The minimum absolute atomic E-state index is 0.222. The molecular formula is C14H23NO3. The highest BCUT2D eigenvalue weighted by Crippen LogP contribution is 2.49. The third kappa shape index (κ3) is 3.03. The van der Waals surface area contributed by atoms with Crippen LogP contribution in [0, 0.1) is 23.7 Å². The zero-order chi connectivity index (χ0) is 13.3. The summed E-state index contributed by atoms with van der Waals surface area (Å²) in [4.78, 5) is 25.5. The van der Waals surface area contributed by atoms with Gasteiger partial charge in [0.2, 0.25) is 5.91 Å². The molecule has 2 aliphatic rings. The monoisotopic (exact) mass is 253 g/mol. The second kappa shape index (κ2) is 5.29. The molecule has 0 saturated heterocycles. The van der Waals surface area contributed by atoms with Crippen molar-refractivity contribution in [2.24, 2.45) is 23.7 Å². The van der Waals surface area contributed by atoms with Gasteiger partial charge in [-0.15, -0.1) is 0 Å². The van der Waals surface area contributed by atoms with E-state index in [1.807, 2.05) is 0 Å². The SMILES string of the molecule is COC(=O)C(C)CN(C)C(=O)C(C1CC1)C1CC1. The Morgan fingerprint density at radius 1 is 1.22 bits per heavy atom. The first-order chi connectivity index (χ1) is 8.54. The molecule has 18 heavy (non-hydrogen) atoms. The maximum Gasteiger partial charge on any atom is 0.310 e. The average Bonchev–Trinajstić information content (AvgIpc) is 3.21. The number of nitrogens with zero attached hydrogens (tertiary/aromatic N) is 1. The lowest BCUT2D eigenvalue weighted by Gasteiger charge is -2.25. The maximum atomic E-state index is 12.4. The van der Waals surface area contributed by atoms with Crippen molar-refractivity contribution < 1.29 is 14.3 Å². The molecule has 2 rings (SSSR count). The van der Waals surface area contributed by atoms with E-state index < -0.39 is 0 Å². The summed E-state index contributed by atoms with van der Waals surface area (Å²) in [6, 6.07) is 0. The fourth-order valence-corrected chi connectivity index (χ4v) is 2.73. The van der Waals surface area contributed by atoms with Crippen LogP contribution in [0.5, 0.6) is 0 Å². The van der Waals surface area contributed by atoms with Crippen molar-refractivity contribution in [3.63, 3.8) is 0 Å². The molecule has 0 N–H and O–H groups in total. The smallest absolute Gasteiger partial charge is 0.310 e. The lowest BCUT2D eigenvalue weighted by atomic mass is 9.96. The van der Waals surface area contributed by atoms with Gasteiger partial charge in [-0.25, -0.2) is 0 Å². The standard InChI is InChI=1S/C14H23NO3/c1-9(14(17)18-3)8-15(2)13(16)12(10-4-5-10)11-6-7-11/h9-12H,4-8H2,1-3H3. The molecule has 0 aromatic rings. The molecular weight excluding hydrogens is 230 g/mol. The van der Waals surface area contributed by atoms with Gasteiger partial charge in [0.05, 0.1) is 13.0 Å². The number of methoxy groups -OCH3 is 1. The Labute approximate surface area is 109 Å². The number of hydrogen-bond acceptors (Lipinski definition) is 3. The van der Waals surface area contributed by atoms with Gasteiger partial charge < -0.3 is 9.64 Å². The van der Waals surface area contributed by atoms with Gasteiger partial charge in [-0.1, -0.05) is 6.92 Å². The Morgan fingerprint density at radius 3 is 2.11 bits per heavy atom. The van der Waals surface area contributed by atoms with E-state index in [1.165, 1.54) is 32.8 Å². The summed E-state index contributed by atoms with van der Waals surface area (Å²) in [5.41, 5.74) is 0. The molecule has 4 nitrogen and oxygen atoms in total. The predicted molar refractivity (Wildman–Crippen MR) is 67.8 cm³/mol. The van der Waals surface area contributed by atoms with Crippen molar-refractivity contribution in [2.75, 3.05) is 20.7 Å². The van der Waals surface area contributed by atoms with Crippen LogP contribution in [0.15, 0.2) is 0 Å². The van der Waals surface area contributed by atoms with Gasteiger partial charge in [0, 0.05) is 19.5 Å². The molecule has 2 aliphatic carbocycles. The minimum atomic E-state index is -0.247. The van der Waals surface area contributed by atoms with Gasteiger partial charge in [0.1, 0.15) is 0 Å². The van der Waals surface area contributed by atoms with Crippen molar-refractivity contribution in [1.82, 2.24) is 4.90 Å². The Balaban J connectivity index is 1.88. The quantitative estimate of drug-likeness (QED) is 0.677. The highest BCUT2D eigenvalue weighted by Gasteiger charge is 2.46. The minimum Gasteiger partial charge on any atom is -0.469 e. The van der Waals surface area contributed by atoms with Gasteiger partial charge in [-0.3, -0.25) is 9.59 Å². The summed E-state index contributed by atoms with van der Waals surface area (Å²) in [5.74, 6) is 1.18. The van der Waals surface area contributed by atoms with Gasteiger partial charge in [-0.05, 0) is 37.5 Å². The fourth-order valence-electron chi connectivity index (χ4n) is 2.73. The molecule has 0 aliphatic heterocycles. The van der Waals surface area contributed by atoms with Crippen molar-refractivity contribution >= 4 is 11.9 Å². The molecule has 102 valence electrons. The van der Waals surface area contributed by atoms with Crippen LogP contribution in [0.4, 0.5) is 0 Å². The number of rotatable bonds is 6. The van der Waals surface area contributed by atoms with Gasteiger partial charge in [0.25, 0.3) is 0 Å². The lowest BCUT2D eigenvalue weighted by molar-refractivity contribution is -0.146. The number of hydrogen-bond donors (Lipinski definition) is 0. The molecule has 2 saturated carbocycles. The molecule has 0 bridgehead atoms. The average molecular weight is 253 g/mol. The van der Waals surface area contributed by atoms with Crippen LogP contribution in [0.25, 0.3) is 0 Å². The van der Waals surface area contributed by atoms with Crippen LogP contribution in [0.1, 0.15) is 32.6 Å². The molecule has 2 fully saturated rings. The predicted octanol–water partition coefficient (Wildman–Crippen LogP) is 1.69. The number of carbonyl (C=O) groups excluding carboxylic acids is 2. The molecule has 0 spiro atoms. The van der Waals surface area contributed by atoms with E-state index in [4.69, 9.17) is 4.74 Å². The Kier molecular flexibility index (Phi) is 3.93. The first-order valence-corrected chi connectivity index (χ1v) is 6.87. The normalized spacial score (nSPS) is 20.7. The van der Waals surface area contributed by atoms with Gasteiger partial charge in [0.15, 0.2) is 0 Å². The Bertz CT molecular complexity index is 322. The highest BCUT2D eigenvalue weighted by atomic mass is 16.5. The molecule has 1 atom stereocenters. The number of ether oxygens (including phenoxy) is 1.